The fourth-order valence-corrected chi connectivity index (χ4v) is 3.93. The maximum absolute atomic E-state index is 13.4. The highest BCUT2D eigenvalue weighted by Crippen LogP contribution is 2.23. The predicted octanol–water partition coefficient (Wildman–Crippen LogP) is 4.34. The summed E-state index contributed by atoms with van der Waals surface area (Å²) in [7, 11) is 0. The average Bonchev–Trinajstić information content (AvgIpc) is 3.13. The third-order valence-corrected chi connectivity index (χ3v) is 5.23. The number of nitrogens with zero attached hydrogens (tertiary/aromatic N) is 4. The van der Waals surface area contributed by atoms with Gasteiger partial charge in [0, 0.05) is 17.8 Å². The molecule has 0 bridgehead atoms. The van der Waals surface area contributed by atoms with Crippen LogP contribution >= 0.6 is 0 Å². The van der Waals surface area contributed by atoms with Gasteiger partial charge in [-0.3, -0.25) is 13.8 Å². The Morgan fingerprint density at radius 1 is 0.750 bits per heavy atom. The Kier molecular flexibility index (Phi) is 2.97. The Hall–Kier alpha value is -3.99. The first-order valence-electron chi connectivity index (χ1n) is 9.07. The van der Waals surface area contributed by atoms with E-state index in [0.29, 0.717) is 11.2 Å². The van der Waals surface area contributed by atoms with Crippen molar-refractivity contribution in [1.29, 1.82) is 0 Å². The Morgan fingerprint density at radius 3 is 2.54 bits per heavy atom. The van der Waals surface area contributed by atoms with Crippen molar-refractivity contribution in [3.8, 4) is 5.69 Å². The van der Waals surface area contributed by atoms with Gasteiger partial charge in [-0.2, -0.15) is 0 Å². The van der Waals surface area contributed by atoms with Gasteiger partial charge in [-0.1, -0.05) is 48.5 Å². The molecule has 132 valence electrons. The number of hydrogen-bond donors (Lipinski definition) is 0. The molecule has 0 aliphatic heterocycles. The maximum atomic E-state index is 13.4. The van der Waals surface area contributed by atoms with Gasteiger partial charge in [0.2, 0.25) is 5.78 Å². The van der Waals surface area contributed by atoms with Gasteiger partial charge in [-0.15, -0.1) is 0 Å². The number of hydrogen-bond acceptors (Lipinski definition) is 3. The molecule has 0 amide bonds. The molecule has 0 saturated carbocycles. The minimum atomic E-state index is -0.0963. The van der Waals surface area contributed by atoms with Crippen LogP contribution in [0.25, 0.3) is 44.2 Å². The van der Waals surface area contributed by atoms with E-state index >= 15 is 0 Å². The second-order valence-electron chi connectivity index (χ2n) is 6.78. The zero-order chi connectivity index (χ0) is 18.7. The first-order chi connectivity index (χ1) is 13.8. The molecule has 5 heteroatoms. The first kappa shape index (κ1) is 15.1. The lowest BCUT2D eigenvalue weighted by molar-refractivity contribution is 1.01. The van der Waals surface area contributed by atoms with Gasteiger partial charge in [0.05, 0.1) is 27.6 Å². The molecule has 6 aromatic rings. The van der Waals surface area contributed by atoms with Crippen LogP contribution in [-0.4, -0.2) is 18.9 Å². The number of aromatic nitrogens is 4. The zero-order valence-electron chi connectivity index (χ0n) is 14.8. The van der Waals surface area contributed by atoms with Crippen molar-refractivity contribution in [3.05, 3.63) is 95.5 Å². The van der Waals surface area contributed by atoms with Crippen LogP contribution < -0.4 is 5.56 Å². The highest BCUT2D eigenvalue weighted by Gasteiger charge is 2.13. The second kappa shape index (κ2) is 5.50. The molecule has 5 nitrogen and oxygen atoms in total. The molecule has 3 aromatic carbocycles. The van der Waals surface area contributed by atoms with Crippen LogP contribution in [0.15, 0.2) is 90.0 Å². The third kappa shape index (κ3) is 1.98. The SMILES string of the molecule is O=c1c2cnc3nc4ccccc4n3c2ccn1-c1cccc2ccccc12. The van der Waals surface area contributed by atoms with E-state index < -0.39 is 0 Å². The Balaban J connectivity index is 1.72. The van der Waals surface area contributed by atoms with Crippen molar-refractivity contribution < 1.29 is 0 Å². The van der Waals surface area contributed by atoms with Crippen molar-refractivity contribution >= 4 is 38.5 Å². The summed E-state index contributed by atoms with van der Waals surface area (Å²) in [6.45, 7) is 0. The molecule has 0 aliphatic carbocycles. The van der Waals surface area contributed by atoms with Crippen LogP contribution in [0.3, 0.4) is 0 Å². The largest absolute Gasteiger partial charge is 0.283 e. The van der Waals surface area contributed by atoms with Gasteiger partial charge in [0.25, 0.3) is 5.56 Å². The van der Waals surface area contributed by atoms with E-state index in [9.17, 15) is 4.79 Å². The van der Waals surface area contributed by atoms with Crippen LogP contribution in [0.1, 0.15) is 0 Å². The number of pyridine rings is 1. The lowest BCUT2D eigenvalue weighted by atomic mass is 10.1. The molecule has 0 N–H and O–H groups in total. The third-order valence-electron chi connectivity index (χ3n) is 5.23. The molecule has 3 heterocycles. The summed E-state index contributed by atoms with van der Waals surface area (Å²) < 4.78 is 3.64. The van der Waals surface area contributed by atoms with Gasteiger partial charge >= 0.3 is 0 Å². The highest BCUT2D eigenvalue weighted by molar-refractivity contribution is 5.92. The van der Waals surface area contributed by atoms with Crippen molar-refractivity contribution in [2.45, 2.75) is 0 Å². The van der Waals surface area contributed by atoms with Gasteiger partial charge < -0.3 is 0 Å². The molecule has 0 saturated heterocycles. The summed E-state index contributed by atoms with van der Waals surface area (Å²) >= 11 is 0. The van der Waals surface area contributed by atoms with Crippen LogP contribution in [0, 0.1) is 0 Å². The molecule has 0 atom stereocenters. The van der Waals surface area contributed by atoms with Crippen LogP contribution in [0.5, 0.6) is 0 Å². The average molecular weight is 362 g/mol. The Bertz CT molecular complexity index is 1590. The van der Waals surface area contributed by atoms with E-state index in [-0.39, 0.29) is 5.56 Å². The smallest absolute Gasteiger partial charge is 0.266 e. The molecular formula is C23H14N4O. The molecule has 3 aromatic heterocycles. The van der Waals surface area contributed by atoms with Crippen LogP contribution in [0.2, 0.25) is 0 Å². The number of benzene rings is 3. The lowest BCUT2D eigenvalue weighted by Crippen LogP contribution is -2.19. The summed E-state index contributed by atoms with van der Waals surface area (Å²) in [4.78, 5) is 22.4. The van der Waals surface area contributed by atoms with Crippen molar-refractivity contribution in [2.24, 2.45) is 0 Å². The fourth-order valence-electron chi connectivity index (χ4n) is 3.93. The summed E-state index contributed by atoms with van der Waals surface area (Å²) in [5.74, 6) is 0.594. The molecule has 0 spiro atoms. The van der Waals surface area contributed by atoms with E-state index in [1.165, 1.54) is 0 Å². The fraction of sp³-hybridized carbons (Fsp3) is 0. The summed E-state index contributed by atoms with van der Waals surface area (Å²) in [6.07, 6.45) is 3.46. The number of imidazole rings is 1. The molecular weight excluding hydrogens is 348 g/mol. The lowest BCUT2D eigenvalue weighted by Gasteiger charge is -2.11. The van der Waals surface area contributed by atoms with E-state index in [4.69, 9.17) is 0 Å². The summed E-state index contributed by atoms with van der Waals surface area (Å²) in [6, 6.07) is 23.9. The molecule has 0 unspecified atom stereocenters. The van der Waals surface area contributed by atoms with E-state index in [0.717, 1.165) is 33.0 Å². The summed E-state index contributed by atoms with van der Waals surface area (Å²) in [5.41, 5.74) is 3.38. The van der Waals surface area contributed by atoms with Crippen molar-refractivity contribution in [2.75, 3.05) is 0 Å². The minimum absolute atomic E-state index is 0.0963. The standard InChI is InChI=1S/C23H14N4O/c28-22-17-14-24-23-25-18-9-3-4-10-21(18)27(23)20(17)12-13-26(22)19-11-5-7-15-6-1-2-8-16(15)19/h1-14H. The van der Waals surface area contributed by atoms with E-state index in [2.05, 4.69) is 9.97 Å². The monoisotopic (exact) mass is 362 g/mol. The van der Waals surface area contributed by atoms with Gasteiger partial charge in [-0.05, 0) is 29.7 Å². The van der Waals surface area contributed by atoms with Crippen LogP contribution in [0.4, 0.5) is 0 Å². The zero-order valence-corrected chi connectivity index (χ0v) is 14.8. The number of rotatable bonds is 1. The predicted molar refractivity (Wildman–Crippen MR) is 111 cm³/mol. The maximum Gasteiger partial charge on any atom is 0.266 e. The summed E-state index contributed by atoms with van der Waals surface area (Å²) in [5, 5.41) is 2.70. The van der Waals surface area contributed by atoms with Crippen LogP contribution in [-0.2, 0) is 0 Å². The molecule has 28 heavy (non-hydrogen) atoms. The van der Waals surface area contributed by atoms with E-state index in [1.54, 1.807) is 10.8 Å². The van der Waals surface area contributed by atoms with Gasteiger partial charge in [-0.25, -0.2) is 9.97 Å². The van der Waals surface area contributed by atoms with Gasteiger partial charge in [0.15, 0.2) is 0 Å². The molecule has 0 radical (unpaired) electrons. The molecule has 0 fully saturated rings. The number of para-hydroxylation sites is 2. The molecule has 0 aliphatic rings. The first-order valence-corrected chi connectivity index (χ1v) is 9.07. The Morgan fingerprint density at radius 2 is 1.57 bits per heavy atom. The quantitative estimate of drug-likeness (QED) is 0.437. The second-order valence-corrected chi connectivity index (χ2v) is 6.78. The van der Waals surface area contributed by atoms with Gasteiger partial charge in [0.1, 0.15) is 0 Å². The minimum Gasteiger partial charge on any atom is -0.283 e. The van der Waals surface area contributed by atoms with Crippen molar-refractivity contribution in [1.82, 2.24) is 18.9 Å². The normalized spacial score (nSPS) is 11.7. The van der Waals surface area contributed by atoms with E-state index in [1.807, 2.05) is 83.4 Å². The topological polar surface area (TPSA) is 52.2 Å². The number of fused-ring (bicyclic) bond motifs is 6. The van der Waals surface area contributed by atoms with Crippen molar-refractivity contribution in [3.63, 3.8) is 0 Å². The molecule has 6 rings (SSSR count). The highest BCUT2D eigenvalue weighted by atomic mass is 16.1. The Labute approximate surface area is 159 Å².